The number of nitrogens with one attached hydrogen (secondary N) is 2. The van der Waals surface area contributed by atoms with Gasteiger partial charge in [0.2, 0.25) is 5.91 Å². The highest BCUT2D eigenvalue weighted by molar-refractivity contribution is 5.93. The molecule has 0 aromatic carbocycles. The molecule has 3 N–H and O–H groups in total. The topological polar surface area (TPSA) is 112 Å². The van der Waals surface area contributed by atoms with Crippen LogP contribution in [0.5, 0.6) is 0 Å². The smallest absolute Gasteiger partial charge is 0.423 e. The highest BCUT2D eigenvalue weighted by Crippen LogP contribution is 2.18. The molecule has 1 unspecified atom stereocenters. The van der Waals surface area contributed by atoms with Crippen molar-refractivity contribution in [2.75, 3.05) is 13.1 Å². The van der Waals surface area contributed by atoms with Crippen molar-refractivity contribution in [2.24, 2.45) is 5.92 Å². The van der Waals surface area contributed by atoms with Gasteiger partial charge in [-0.1, -0.05) is 6.07 Å². The lowest BCUT2D eigenvalue weighted by Gasteiger charge is -2.15. The highest BCUT2D eigenvalue weighted by Gasteiger charge is 2.31. The van der Waals surface area contributed by atoms with Crippen LogP contribution in [0, 0.1) is 5.92 Å². The average Bonchev–Trinajstić information content (AvgIpc) is 2.94. The van der Waals surface area contributed by atoms with E-state index in [4.69, 9.17) is 5.11 Å². The molecule has 1 aromatic rings. The molecule has 8 nitrogen and oxygen atoms in total. The molecule has 1 fully saturated rings. The fourth-order valence-electron chi connectivity index (χ4n) is 2.03. The van der Waals surface area contributed by atoms with Crippen molar-refractivity contribution in [3.8, 4) is 0 Å². The quantitative estimate of drug-likeness (QED) is 0.651. The number of carboxylic acid groups (broad SMARTS) is 1. The molecule has 1 aliphatic rings. The van der Waals surface area contributed by atoms with Gasteiger partial charge in [-0.3, -0.25) is 20.0 Å². The van der Waals surface area contributed by atoms with Crippen molar-refractivity contribution in [3.05, 3.63) is 30.1 Å². The molecule has 3 amide bonds. The summed E-state index contributed by atoms with van der Waals surface area (Å²) in [5.41, 5.74) is 4.21. The average molecular weight is 278 g/mol. The van der Waals surface area contributed by atoms with Crippen LogP contribution in [-0.4, -0.2) is 46.0 Å². The minimum atomic E-state index is -1.34. The predicted molar refractivity (Wildman–Crippen MR) is 67.6 cm³/mol. The minimum Gasteiger partial charge on any atom is -0.464 e. The molecule has 0 radical (unpaired) electrons. The number of rotatable bonds is 2. The maximum Gasteiger partial charge on any atom is 0.423 e. The van der Waals surface area contributed by atoms with E-state index in [0.717, 1.165) is 0 Å². The van der Waals surface area contributed by atoms with Gasteiger partial charge in [-0.25, -0.2) is 10.2 Å². The van der Waals surface area contributed by atoms with E-state index >= 15 is 0 Å². The lowest BCUT2D eigenvalue weighted by molar-refractivity contribution is -0.125. The first kappa shape index (κ1) is 13.8. The third-order valence-electron chi connectivity index (χ3n) is 3.02. The number of likely N-dealkylation sites (tertiary alicyclic amines) is 1. The maximum atomic E-state index is 12.1. The summed E-state index contributed by atoms with van der Waals surface area (Å²) in [6.07, 6.45) is 0.688. The molecule has 2 heterocycles. The Morgan fingerprint density at radius 1 is 1.30 bits per heavy atom. The first-order valence-corrected chi connectivity index (χ1v) is 6.07. The van der Waals surface area contributed by atoms with E-state index in [1.165, 1.54) is 11.1 Å². The van der Waals surface area contributed by atoms with Crippen LogP contribution < -0.4 is 10.9 Å². The summed E-state index contributed by atoms with van der Waals surface area (Å²) in [5.74, 6) is -1.09. The number of carbonyl (C=O) groups excluding carboxylic acids is 2. The Labute approximate surface area is 114 Å². The zero-order valence-electron chi connectivity index (χ0n) is 10.6. The van der Waals surface area contributed by atoms with E-state index in [1.807, 2.05) is 0 Å². The summed E-state index contributed by atoms with van der Waals surface area (Å²) in [4.78, 5) is 39.6. The molecule has 8 heteroatoms. The van der Waals surface area contributed by atoms with Crippen molar-refractivity contribution < 1.29 is 19.5 Å². The number of hydrogen-bond donors (Lipinski definition) is 3. The molecule has 0 saturated carbocycles. The largest absolute Gasteiger partial charge is 0.464 e. The first-order chi connectivity index (χ1) is 9.58. The first-order valence-electron chi connectivity index (χ1n) is 6.07. The molecule has 1 atom stereocenters. The van der Waals surface area contributed by atoms with Crippen molar-refractivity contribution in [3.63, 3.8) is 0 Å². The predicted octanol–water partition coefficient (Wildman–Crippen LogP) is -0.157. The second-order valence-corrected chi connectivity index (χ2v) is 4.37. The number of amides is 3. The van der Waals surface area contributed by atoms with Crippen LogP contribution in [0.4, 0.5) is 4.79 Å². The number of hydrazine groups is 1. The molecule has 106 valence electrons. The van der Waals surface area contributed by atoms with Gasteiger partial charge < -0.3 is 10.0 Å². The Hall–Kier alpha value is -2.64. The number of carbonyl (C=O) groups is 3. The Morgan fingerprint density at radius 2 is 2.10 bits per heavy atom. The minimum absolute atomic E-state index is 0.230. The van der Waals surface area contributed by atoms with Crippen LogP contribution in [0.1, 0.15) is 16.9 Å². The maximum absolute atomic E-state index is 12.1. The monoisotopic (exact) mass is 278 g/mol. The van der Waals surface area contributed by atoms with E-state index in [0.29, 0.717) is 18.7 Å². The van der Waals surface area contributed by atoms with Gasteiger partial charge >= 0.3 is 6.09 Å². The zero-order chi connectivity index (χ0) is 14.5. The lowest BCUT2D eigenvalue weighted by atomic mass is 10.1. The van der Waals surface area contributed by atoms with E-state index in [-0.39, 0.29) is 12.5 Å². The molecular weight excluding hydrogens is 264 g/mol. The van der Waals surface area contributed by atoms with Crippen LogP contribution >= 0.6 is 0 Å². The lowest BCUT2D eigenvalue weighted by Crippen LogP contribution is -2.44. The number of nitrogens with zero attached hydrogens (tertiary/aromatic N) is 2. The summed E-state index contributed by atoms with van der Waals surface area (Å²) in [5, 5.41) is 8.40. The van der Waals surface area contributed by atoms with E-state index < -0.39 is 17.9 Å². The van der Waals surface area contributed by atoms with Crippen LogP contribution in [-0.2, 0) is 4.79 Å². The molecule has 1 aromatic heterocycles. The summed E-state index contributed by atoms with van der Waals surface area (Å²) in [6.45, 7) is 0.698. The molecular formula is C12H14N4O4. The molecule has 2 rings (SSSR count). The molecule has 0 bridgehead atoms. The number of hydrogen-bond acceptors (Lipinski definition) is 4. The standard InChI is InChI=1S/C12H14N4O4/c17-10(14-15-12(19)20)8-4-6-16(7-8)11(18)9-3-1-2-5-13-9/h1-3,5,8,15H,4,6-7H2,(H,14,17)(H,19,20). The van der Waals surface area contributed by atoms with Crippen molar-refractivity contribution in [1.29, 1.82) is 0 Å². The van der Waals surface area contributed by atoms with Crippen LogP contribution in [0.15, 0.2) is 24.4 Å². The summed E-state index contributed by atoms with van der Waals surface area (Å²) < 4.78 is 0. The fourth-order valence-corrected chi connectivity index (χ4v) is 2.03. The van der Waals surface area contributed by atoms with Gasteiger partial charge in [0.1, 0.15) is 5.69 Å². The van der Waals surface area contributed by atoms with Gasteiger partial charge in [0.25, 0.3) is 5.91 Å². The second-order valence-electron chi connectivity index (χ2n) is 4.37. The van der Waals surface area contributed by atoms with E-state index in [1.54, 1.807) is 23.6 Å². The summed E-state index contributed by atoms with van der Waals surface area (Å²) in [7, 11) is 0. The molecule has 20 heavy (non-hydrogen) atoms. The van der Waals surface area contributed by atoms with E-state index in [2.05, 4.69) is 10.4 Å². The van der Waals surface area contributed by atoms with Crippen molar-refractivity contribution in [1.82, 2.24) is 20.7 Å². The van der Waals surface area contributed by atoms with Crippen LogP contribution in [0.25, 0.3) is 0 Å². The summed E-state index contributed by atoms with van der Waals surface area (Å²) >= 11 is 0. The molecule has 1 aliphatic heterocycles. The van der Waals surface area contributed by atoms with E-state index in [9.17, 15) is 14.4 Å². The number of pyridine rings is 1. The van der Waals surface area contributed by atoms with Crippen molar-refractivity contribution in [2.45, 2.75) is 6.42 Å². The molecule has 1 saturated heterocycles. The molecule has 0 spiro atoms. The summed E-state index contributed by atoms with van der Waals surface area (Å²) in [6, 6.07) is 5.05. The second kappa shape index (κ2) is 6.00. The van der Waals surface area contributed by atoms with Crippen LogP contribution in [0.2, 0.25) is 0 Å². The third kappa shape index (κ3) is 3.22. The fraction of sp³-hybridized carbons (Fsp3) is 0.333. The molecule has 0 aliphatic carbocycles. The Kier molecular flexibility index (Phi) is 4.14. The van der Waals surface area contributed by atoms with Gasteiger partial charge in [-0.2, -0.15) is 0 Å². The van der Waals surface area contributed by atoms with Crippen molar-refractivity contribution >= 4 is 17.9 Å². The highest BCUT2D eigenvalue weighted by atomic mass is 16.4. The number of aromatic nitrogens is 1. The Balaban J connectivity index is 1.90. The van der Waals surface area contributed by atoms with Gasteiger partial charge in [0, 0.05) is 19.3 Å². The Bertz CT molecular complexity index is 519. The Morgan fingerprint density at radius 3 is 2.75 bits per heavy atom. The normalized spacial score (nSPS) is 17.6. The SMILES string of the molecule is O=C(O)NNC(=O)C1CCN(C(=O)c2ccccn2)C1. The van der Waals surface area contributed by atoms with Crippen LogP contribution in [0.3, 0.4) is 0 Å². The van der Waals surface area contributed by atoms with Gasteiger partial charge in [0.05, 0.1) is 5.92 Å². The third-order valence-corrected chi connectivity index (χ3v) is 3.02. The van der Waals surface area contributed by atoms with Gasteiger partial charge in [-0.15, -0.1) is 0 Å². The van der Waals surface area contributed by atoms with Gasteiger partial charge in [-0.05, 0) is 18.6 Å². The zero-order valence-corrected chi connectivity index (χ0v) is 10.6. The van der Waals surface area contributed by atoms with Gasteiger partial charge in [0.15, 0.2) is 0 Å².